The summed E-state index contributed by atoms with van der Waals surface area (Å²) < 4.78 is 5.62. The molecule has 0 saturated heterocycles. The van der Waals surface area contributed by atoms with Crippen molar-refractivity contribution in [2.24, 2.45) is 0 Å². The summed E-state index contributed by atoms with van der Waals surface area (Å²) >= 11 is 6.13. The van der Waals surface area contributed by atoms with Crippen LogP contribution in [0.15, 0.2) is 18.2 Å². The molecule has 0 aromatic heterocycles. The number of likely N-dealkylation sites (N-methyl/N-ethyl adjacent to an activating group) is 1. The van der Waals surface area contributed by atoms with Gasteiger partial charge in [-0.25, -0.2) is 0 Å². The van der Waals surface area contributed by atoms with E-state index in [9.17, 15) is 4.79 Å². The molecule has 0 unspecified atom stereocenters. The lowest BCUT2D eigenvalue weighted by Gasteiger charge is -2.18. The molecule has 1 aromatic rings. The van der Waals surface area contributed by atoms with E-state index in [4.69, 9.17) is 16.3 Å². The third-order valence-electron chi connectivity index (χ3n) is 3.24. The number of nitrogens with one attached hydrogen (secondary N) is 1. The predicted octanol–water partition coefficient (Wildman–Crippen LogP) is 2.06. The van der Waals surface area contributed by atoms with Gasteiger partial charge < -0.3 is 15.0 Å². The molecule has 5 heteroatoms. The summed E-state index contributed by atoms with van der Waals surface area (Å²) in [5.74, 6) is 0.592. The van der Waals surface area contributed by atoms with Crippen LogP contribution >= 0.6 is 11.6 Å². The van der Waals surface area contributed by atoms with Gasteiger partial charge in [0.25, 0.3) is 5.91 Å². The van der Waals surface area contributed by atoms with Crippen LogP contribution in [-0.2, 0) is 11.3 Å². The second-order valence-electron chi connectivity index (χ2n) is 4.78. The van der Waals surface area contributed by atoms with Crippen LogP contribution in [0.3, 0.4) is 0 Å². The largest absolute Gasteiger partial charge is 0.482 e. The van der Waals surface area contributed by atoms with Gasteiger partial charge in [0.15, 0.2) is 6.61 Å². The lowest BCUT2D eigenvalue weighted by atomic mass is 10.2. The minimum atomic E-state index is -0.00201. The van der Waals surface area contributed by atoms with E-state index in [0.717, 1.165) is 18.4 Å². The highest BCUT2D eigenvalue weighted by Gasteiger charge is 2.29. The fourth-order valence-corrected chi connectivity index (χ4v) is 2.19. The van der Waals surface area contributed by atoms with Gasteiger partial charge in [0.05, 0.1) is 5.02 Å². The molecule has 1 aromatic carbocycles. The molecule has 1 saturated carbocycles. The van der Waals surface area contributed by atoms with Crippen molar-refractivity contribution in [3.8, 4) is 5.75 Å². The van der Waals surface area contributed by atoms with Crippen molar-refractivity contribution in [1.29, 1.82) is 0 Å². The molecule has 1 aliphatic rings. The summed E-state index contributed by atoms with van der Waals surface area (Å²) in [5, 5.41) is 3.59. The Labute approximate surface area is 118 Å². The third kappa shape index (κ3) is 3.61. The van der Waals surface area contributed by atoms with Crippen LogP contribution in [0.2, 0.25) is 5.02 Å². The summed E-state index contributed by atoms with van der Waals surface area (Å²) in [6.45, 7) is 0.690. The molecule has 0 atom stereocenters. The van der Waals surface area contributed by atoms with Gasteiger partial charge in [-0.3, -0.25) is 4.79 Å². The minimum Gasteiger partial charge on any atom is -0.482 e. The molecular weight excluding hydrogens is 264 g/mol. The zero-order chi connectivity index (χ0) is 13.8. The van der Waals surface area contributed by atoms with Crippen molar-refractivity contribution in [1.82, 2.24) is 10.2 Å². The fourth-order valence-electron chi connectivity index (χ4n) is 1.95. The molecule has 4 nitrogen and oxygen atoms in total. The maximum absolute atomic E-state index is 11.9. The van der Waals surface area contributed by atoms with E-state index in [1.165, 1.54) is 0 Å². The second-order valence-corrected chi connectivity index (χ2v) is 5.19. The number of nitrogens with zero attached hydrogens (tertiary/aromatic N) is 1. The molecule has 1 N–H and O–H groups in total. The Hall–Kier alpha value is -1.26. The normalized spacial score (nSPS) is 14.3. The molecular formula is C14H19ClN2O2. The molecule has 19 heavy (non-hydrogen) atoms. The van der Waals surface area contributed by atoms with E-state index >= 15 is 0 Å². The van der Waals surface area contributed by atoms with Crippen molar-refractivity contribution in [2.45, 2.75) is 25.4 Å². The van der Waals surface area contributed by atoms with E-state index in [1.807, 2.05) is 26.2 Å². The Balaban J connectivity index is 1.99. The number of carbonyl (C=O) groups is 1. The highest BCUT2D eigenvalue weighted by atomic mass is 35.5. The van der Waals surface area contributed by atoms with Crippen LogP contribution in [0.1, 0.15) is 18.4 Å². The Bertz CT molecular complexity index is 461. The van der Waals surface area contributed by atoms with Gasteiger partial charge in [-0.1, -0.05) is 23.7 Å². The number of ether oxygens (including phenoxy) is 1. The number of rotatable bonds is 6. The van der Waals surface area contributed by atoms with Gasteiger partial charge in [-0.15, -0.1) is 0 Å². The Morgan fingerprint density at radius 3 is 2.89 bits per heavy atom. The van der Waals surface area contributed by atoms with Gasteiger partial charge in [0, 0.05) is 25.2 Å². The first-order valence-corrected chi connectivity index (χ1v) is 6.81. The second kappa shape index (κ2) is 6.26. The lowest BCUT2D eigenvalue weighted by molar-refractivity contribution is -0.132. The zero-order valence-electron chi connectivity index (χ0n) is 11.3. The number of benzene rings is 1. The first-order valence-electron chi connectivity index (χ1n) is 6.44. The molecule has 0 radical (unpaired) electrons. The van der Waals surface area contributed by atoms with E-state index < -0.39 is 0 Å². The monoisotopic (exact) mass is 282 g/mol. The van der Waals surface area contributed by atoms with E-state index in [2.05, 4.69) is 5.32 Å². The van der Waals surface area contributed by atoms with Crippen molar-refractivity contribution < 1.29 is 9.53 Å². The van der Waals surface area contributed by atoms with E-state index in [1.54, 1.807) is 11.0 Å². The molecule has 0 spiro atoms. The Morgan fingerprint density at radius 1 is 1.53 bits per heavy atom. The van der Waals surface area contributed by atoms with Crippen molar-refractivity contribution in [3.63, 3.8) is 0 Å². The maximum Gasteiger partial charge on any atom is 0.260 e. The number of halogens is 1. The molecule has 0 heterocycles. The van der Waals surface area contributed by atoms with Gasteiger partial charge in [0.1, 0.15) is 5.75 Å². The van der Waals surface area contributed by atoms with Crippen molar-refractivity contribution in [3.05, 3.63) is 28.8 Å². The highest BCUT2D eigenvalue weighted by molar-refractivity contribution is 6.32. The van der Waals surface area contributed by atoms with Gasteiger partial charge in [-0.05, 0) is 26.0 Å². The zero-order valence-corrected chi connectivity index (χ0v) is 12.0. The fraction of sp³-hybridized carbons (Fsp3) is 0.500. The van der Waals surface area contributed by atoms with Gasteiger partial charge in [0.2, 0.25) is 0 Å². The lowest BCUT2D eigenvalue weighted by Crippen LogP contribution is -2.33. The van der Waals surface area contributed by atoms with Gasteiger partial charge >= 0.3 is 0 Å². The minimum absolute atomic E-state index is 0.00201. The molecule has 1 aliphatic carbocycles. The first kappa shape index (κ1) is 14.2. The highest BCUT2D eigenvalue weighted by Crippen LogP contribution is 2.29. The maximum atomic E-state index is 11.9. The number of para-hydroxylation sites is 1. The van der Waals surface area contributed by atoms with Crippen LogP contribution < -0.4 is 10.1 Å². The molecule has 0 bridgehead atoms. The van der Waals surface area contributed by atoms with E-state index in [0.29, 0.717) is 23.4 Å². The summed E-state index contributed by atoms with van der Waals surface area (Å²) in [4.78, 5) is 13.7. The predicted molar refractivity (Wildman–Crippen MR) is 75.5 cm³/mol. The average molecular weight is 283 g/mol. The van der Waals surface area contributed by atoms with Gasteiger partial charge in [-0.2, -0.15) is 0 Å². The summed E-state index contributed by atoms with van der Waals surface area (Å²) in [6, 6.07) is 5.98. The smallest absolute Gasteiger partial charge is 0.260 e. The first-order chi connectivity index (χ1) is 9.13. The quantitative estimate of drug-likeness (QED) is 0.868. The third-order valence-corrected chi connectivity index (χ3v) is 3.54. The van der Waals surface area contributed by atoms with Crippen LogP contribution in [-0.4, -0.2) is 37.6 Å². The van der Waals surface area contributed by atoms with Crippen LogP contribution in [0.25, 0.3) is 0 Å². The van der Waals surface area contributed by atoms with Crippen LogP contribution in [0, 0.1) is 0 Å². The summed E-state index contributed by atoms with van der Waals surface area (Å²) in [5.41, 5.74) is 0.955. The Kier molecular flexibility index (Phi) is 4.66. The molecule has 104 valence electrons. The average Bonchev–Trinajstić information content (AvgIpc) is 3.21. The Morgan fingerprint density at radius 2 is 2.26 bits per heavy atom. The number of carbonyl (C=O) groups excluding carboxylic acids is 1. The SMILES string of the molecule is CNCc1cccc(Cl)c1OCC(=O)N(C)C1CC1. The molecule has 0 aliphatic heterocycles. The number of amides is 1. The molecule has 1 amide bonds. The standard InChI is InChI=1S/C14H19ClN2O2/c1-16-8-10-4-3-5-12(15)14(10)19-9-13(18)17(2)11-6-7-11/h3-5,11,16H,6-9H2,1-2H3. The summed E-state index contributed by atoms with van der Waals surface area (Å²) in [7, 11) is 3.68. The van der Waals surface area contributed by atoms with Crippen molar-refractivity contribution >= 4 is 17.5 Å². The topological polar surface area (TPSA) is 41.6 Å². The molecule has 1 fully saturated rings. The van der Waals surface area contributed by atoms with Crippen molar-refractivity contribution in [2.75, 3.05) is 20.7 Å². The summed E-state index contributed by atoms with van der Waals surface area (Å²) in [6.07, 6.45) is 2.19. The van der Waals surface area contributed by atoms with Crippen LogP contribution in [0.5, 0.6) is 5.75 Å². The van der Waals surface area contributed by atoms with Crippen LogP contribution in [0.4, 0.5) is 0 Å². The van der Waals surface area contributed by atoms with E-state index in [-0.39, 0.29) is 12.5 Å². The molecule has 2 rings (SSSR count). The number of hydrogen-bond donors (Lipinski definition) is 1. The number of hydrogen-bond acceptors (Lipinski definition) is 3.